The zero-order chi connectivity index (χ0) is 34.0. The van der Waals surface area contributed by atoms with Crippen molar-refractivity contribution in [2.24, 2.45) is 4.99 Å². The maximum absolute atomic E-state index is 11.0. The van der Waals surface area contributed by atoms with Gasteiger partial charge in [0.1, 0.15) is 18.4 Å². The fourth-order valence-electron chi connectivity index (χ4n) is 6.91. The lowest BCUT2D eigenvalue weighted by Crippen LogP contribution is -2.57. The number of rotatable bonds is 10. The molecule has 0 radical (unpaired) electrons. The summed E-state index contributed by atoms with van der Waals surface area (Å²) in [6.45, 7) is -1.16. The number of ether oxygens (including phenoxy) is 1. The lowest BCUT2D eigenvalue weighted by Gasteiger charge is -2.50. The minimum Gasteiger partial charge on any atom is -0.363 e. The number of nitrogens with zero attached hydrogens (tertiary/aromatic N) is 8. The standard InChI is InChI=1S/C36H41N8O3PS/c1-41(2)48(45,49)46-24-30-22-43(36(27-14-7-4-8-15-27,28-16-9-5-10-17-28)29-18-11-6-12-19-29)23-32(47-30)44-26-39-33-34(37-25-38-35(33)44)40-31-20-13-21-42(31)3/h4-12,14-19,25-26,30,32H,13,20-24H2,1-3H3,(H,45,49)/t30-,32+,48?/m0/s1. The van der Waals surface area contributed by atoms with Gasteiger partial charge in [0.15, 0.2) is 17.0 Å². The smallest absolute Gasteiger partial charge is 0.260 e. The summed E-state index contributed by atoms with van der Waals surface area (Å²) in [5.41, 5.74) is 3.88. The number of hydrogen-bond acceptors (Lipinski definition) is 8. The van der Waals surface area contributed by atoms with Crippen LogP contribution in [0.2, 0.25) is 0 Å². The number of fused-ring (bicyclic) bond motifs is 1. The summed E-state index contributed by atoms with van der Waals surface area (Å²) in [6.07, 6.45) is 4.28. The molecule has 0 bridgehead atoms. The molecule has 254 valence electrons. The Balaban J connectivity index is 1.37. The van der Waals surface area contributed by atoms with Gasteiger partial charge in [0.05, 0.1) is 24.6 Å². The van der Waals surface area contributed by atoms with Crippen molar-refractivity contribution in [3.8, 4) is 0 Å². The molecule has 0 spiro atoms. The first-order valence-electron chi connectivity index (χ1n) is 16.5. The maximum atomic E-state index is 11.0. The zero-order valence-electron chi connectivity index (χ0n) is 27.9. The monoisotopic (exact) mass is 696 g/mol. The van der Waals surface area contributed by atoms with E-state index in [0.717, 1.165) is 41.9 Å². The van der Waals surface area contributed by atoms with Crippen molar-refractivity contribution in [2.75, 3.05) is 47.4 Å². The summed E-state index contributed by atoms with van der Waals surface area (Å²) in [7, 11) is 5.51. The van der Waals surface area contributed by atoms with Crippen molar-refractivity contribution >= 4 is 41.3 Å². The highest BCUT2D eigenvalue weighted by atomic mass is 32.5. The first-order chi connectivity index (χ1) is 23.8. The molecular weight excluding hydrogens is 655 g/mol. The Labute approximate surface area is 292 Å². The molecule has 1 N–H and O–H groups in total. The molecule has 3 aromatic carbocycles. The van der Waals surface area contributed by atoms with E-state index >= 15 is 0 Å². The van der Waals surface area contributed by atoms with E-state index in [1.807, 2.05) is 22.8 Å². The summed E-state index contributed by atoms with van der Waals surface area (Å²) in [5.74, 6) is 1.53. The van der Waals surface area contributed by atoms with Crippen LogP contribution in [0, 0.1) is 0 Å². The van der Waals surface area contributed by atoms with Gasteiger partial charge in [-0.05, 0) is 49.0 Å². The number of hydrogen-bond donors (Lipinski definition) is 1. The predicted octanol–water partition coefficient (Wildman–Crippen LogP) is 5.57. The Hall–Kier alpha value is -3.87. The Morgan fingerprint density at radius 3 is 2.10 bits per heavy atom. The first-order valence-corrected chi connectivity index (χ1v) is 19.1. The lowest BCUT2D eigenvalue weighted by molar-refractivity contribution is -0.145. The molecule has 0 amide bonds. The molecule has 2 aromatic heterocycles. The third kappa shape index (κ3) is 6.58. The second-order valence-electron chi connectivity index (χ2n) is 12.6. The molecule has 2 fully saturated rings. The van der Waals surface area contributed by atoms with Crippen LogP contribution in [0.1, 0.15) is 35.8 Å². The minimum absolute atomic E-state index is 0.0975. The van der Waals surface area contributed by atoms with E-state index in [0.29, 0.717) is 30.1 Å². The van der Waals surface area contributed by atoms with Crippen LogP contribution in [-0.4, -0.2) is 98.2 Å². The third-order valence-electron chi connectivity index (χ3n) is 9.35. The largest absolute Gasteiger partial charge is 0.363 e. The van der Waals surface area contributed by atoms with E-state index in [1.54, 1.807) is 25.1 Å². The topological polar surface area (TPSA) is 104 Å². The number of benzene rings is 3. The van der Waals surface area contributed by atoms with E-state index in [2.05, 4.69) is 99.6 Å². The highest BCUT2D eigenvalue weighted by Gasteiger charge is 2.47. The van der Waals surface area contributed by atoms with Crippen LogP contribution in [0.3, 0.4) is 0 Å². The molecule has 2 aliphatic heterocycles. The zero-order valence-corrected chi connectivity index (χ0v) is 29.6. The molecule has 2 saturated heterocycles. The maximum Gasteiger partial charge on any atom is 0.260 e. The number of aromatic nitrogens is 4. The molecule has 1 unspecified atom stereocenters. The average molecular weight is 697 g/mol. The normalized spacial score (nSPS) is 21.1. The van der Waals surface area contributed by atoms with Crippen LogP contribution in [0.5, 0.6) is 0 Å². The molecule has 13 heteroatoms. The Morgan fingerprint density at radius 1 is 0.939 bits per heavy atom. The molecular formula is C36H41N8O3PS. The summed E-state index contributed by atoms with van der Waals surface area (Å²) in [5, 5.41) is 0. The summed E-state index contributed by atoms with van der Waals surface area (Å²) < 4.78 is 16.4. The van der Waals surface area contributed by atoms with E-state index in [4.69, 9.17) is 31.0 Å². The fraction of sp³-hybridized carbons (Fsp3) is 0.333. The molecule has 11 nitrogen and oxygen atoms in total. The van der Waals surface area contributed by atoms with Crippen molar-refractivity contribution in [2.45, 2.75) is 30.7 Å². The number of amidine groups is 1. The van der Waals surface area contributed by atoms with E-state index in [-0.39, 0.29) is 6.61 Å². The van der Waals surface area contributed by atoms with Crippen molar-refractivity contribution in [1.29, 1.82) is 0 Å². The SMILES string of the molecule is CN1CCCC1=Nc1ncnc2c1ncn2[C@H]1CN(C(c2ccccc2)(c2ccccc2)c2ccccc2)C[C@@H](COP(O)(=S)N(C)C)O1. The Morgan fingerprint density at radius 2 is 1.55 bits per heavy atom. The molecule has 7 rings (SSSR count). The molecule has 0 aliphatic carbocycles. The van der Waals surface area contributed by atoms with Gasteiger partial charge in [0, 0.05) is 33.1 Å². The van der Waals surface area contributed by atoms with E-state index in [1.165, 1.54) is 6.33 Å². The van der Waals surface area contributed by atoms with Crippen LogP contribution in [0.4, 0.5) is 5.82 Å². The molecule has 49 heavy (non-hydrogen) atoms. The lowest BCUT2D eigenvalue weighted by atomic mass is 9.75. The van der Waals surface area contributed by atoms with Crippen LogP contribution in [0.25, 0.3) is 11.2 Å². The predicted molar refractivity (Wildman–Crippen MR) is 195 cm³/mol. The van der Waals surface area contributed by atoms with Crippen molar-refractivity contribution in [3.05, 3.63) is 120 Å². The van der Waals surface area contributed by atoms with Gasteiger partial charge in [0.2, 0.25) is 0 Å². The van der Waals surface area contributed by atoms with Gasteiger partial charge >= 0.3 is 0 Å². The van der Waals surface area contributed by atoms with E-state index < -0.39 is 24.5 Å². The number of likely N-dealkylation sites (tertiary alicyclic amines) is 1. The summed E-state index contributed by atoms with van der Waals surface area (Å²) >= 11 is 5.48. The Kier molecular flexibility index (Phi) is 9.72. The highest BCUT2D eigenvalue weighted by Crippen LogP contribution is 2.47. The molecule has 2 aliphatic rings. The average Bonchev–Trinajstić information content (AvgIpc) is 3.75. The van der Waals surface area contributed by atoms with Crippen molar-refractivity contribution in [3.63, 3.8) is 0 Å². The van der Waals surface area contributed by atoms with Gasteiger partial charge in [-0.15, -0.1) is 0 Å². The highest BCUT2D eigenvalue weighted by molar-refractivity contribution is 8.08. The summed E-state index contributed by atoms with van der Waals surface area (Å²) in [6, 6.07) is 31.7. The summed E-state index contributed by atoms with van der Waals surface area (Å²) in [4.78, 5) is 34.4. The molecule has 5 aromatic rings. The first kappa shape index (κ1) is 33.6. The van der Waals surface area contributed by atoms with E-state index in [9.17, 15) is 4.89 Å². The van der Waals surface area contributed by atoms with Gasteiger partial charge in [-0.2, -0.15) is 0 Å². The van der Waals surface area contributed by atoms with Crippen molar-refractivity contribution in [1.82, 2.24) is 34.0 Å². The van der Waals surface area contributed by atoms with Crippen LogP contribution < -0.4 is 0 Å². The third-order valence-corrected chi connectivity index (χ3v) is 12.1. The van der Waals surface area contributed by atoms with Gasteiger partial charge < -0.3 is 19.1 Å². The number of aliphatic imine (C=N–C) groups is 1. The van der Waals surface area contributed by atoms with Gasteiger partial charge in [-0.3, -0.25) is 9.47 Å². The molecule has 3 atom stereocenters. The van der Waals surface area contributed by atoms with Gasteiger partial charge in [-0.1, -0.05) is 91.0 Å². The van der Waals surface area contributed by atoms with Crippen LogP contribution in [0.15, 0.2) is 109 Å². The molecule has 0 saturated carbocycles. The number of morpholine rings is 1. The second kappa shape index (κ2) is 14.2. The molecule has 4 heterocycles. The number of imidazole rings is 1. The van der Waals surface area contributed by atoms with Crippen LogP contribution in [-0.2, 0) is 26.6 Å². The fourth-order valence-corrected chi connectivity index (χ4v) is 7.68. The second-order valence-corrected chi connectivity index (χ2v) is 16.1. The minimum atomic E-state index is -3.20. The Bertz CT molecular complexity index is 1860. The quantitative estimate of drug-likeness (QED) is 0.147. The van der Waals surface area contributed by atoms with Crippen LogP contribution >= 0.6 is 6.64 Å². The van der Waals surface area contributed by atoms with Crippen molar-refractivity contribution < 1.29 is 14.2 Å². The van der Waals surface area contributed by atoms with Gasteiger partial charge in [-0.25, -0.2) is 24.6 Å². The van der Waals surface area contributed by atoms with Gasteiger partial charge in [0.25, 0.3) is 6.64 Å².